The molecule has 0 saturated carbocycles. The van der Waals surface area contributed by atoms with Gasteiger partial charge in [0.05, 0.1) is 0 Å². The van der Waals surface area contributed by atoms with Crippen LogP contribution in [0.2, 0.25) is 5.15 Å². The monoisotopic (exact) mass is 300 g/mol. The Morgan fingerprint density at radius 2 is 2.00 bits per heavy atom. The Hall–Kier alpha value is -1.000. The number of halogens is 3. The number of hydrogen-bond acceptors (Lipinski definition) is 2. The van der Waals surface area contributed by atoms with Gasteiger partial charge in [-0.1, -0.05) is 27.5 Å². The Morgan fingerprint density at radius 3 is 2.69 bits per heavy atom. The zero-order valence-electron chi connectivity index (χ0n) is 8.34. The molecule has 0 atom stereocenters. The third-order valence-electron chi connectivity index (χ3n) is 1.99. The van der Waals surface area contributed by atoms with E-state index < -0.39 is 0 Å². The van der Waals surface area contributed by atoms with E-state index in [-0.39, 0.29) is 5.82 Å². The number of nitrogens with zero attached hydrogens (tertiary/aromatic N) is 2. The molecular formula is C11H7BrClFN2. The van der Waals surface area contributed by atoms with Crippen molar-refractivity contribution >= 4 is 27.5 Å². The van der Waals surface area contributed by atoms with Gasteiger partial charge in [0.1, 0.15) is 11.0 Å². The highest BCUT2D eigenvalue weighted by atomic mass is 79.9. The van der Waals surface area contributed by atoms with E-state index in [1.807, 2.05) is 6.92 Å². The van der Waals surface area contributed by atoms with Gasteiger partial charge in [0.25, 0.3) is 0 Å². The molecule has 2 rings (SSSR count). The molecular weight excluding hydrogens is 294 g/mol. The van der Waals surface area contributed by atoms with Crippen LogP contribution >= 0.6 is 27.5 Å². The van der Waals surface area contributed by atoms with Crippen LogP contribution in [0.15, 0.2) is 28.7 Å². The summed E-state index contributed by atoms with van der Waals surface area (Å²) < 4.78 is 13.9. The van der Waals surface area contributed by atoms with Crippen LogP contribution in [0.5, 0.6) is 0 Å². The molecule has 0 aliphatic carbocycles. The van der Waals surface area contributed by atoms with Crippen molar-refractivity contribution in [3.8, 4) is 11.4 Å². The van der Waals surface area contributed by atoms with Crippen molar-refractivity contribution in [2.75, 3.05) is 0 Å². The van der Waals surface area contributed by atoms with Gasteiger partial charge in [0, 0.05) is 15.7 Å². The summed E-state index contributed by atoms with van der Waals surface area (Å²) in [6, 6.07) is 6.00. The summed E-state index contributed by atoms with van der Waals surface area (Å²) in [6.45, 7) is 1.81. The standard InChI is InChI=1S/C11H7BrClFN2/c1-6-4-10(13)16-11(15-6)8-5-7(14)2-3-9(8)12/h2-5H,1H3. The quantitative estimate of drug-likeness (QED) is 0.744. The molecule has 0 bridgehead atoms. The molecule has 1 heterocycles. The van der Waals surface area contributed by atoms with Crippen LogP contribution in [0.25, 0.3) is 11.4 Å². The summed E-state index contributed by atoms with van der Waals surface area (Å²) >= 11 is 9.16. The first-order chi connectivity index (χ1) is 7.56. The maximum absolute atomic E-state index is 13.1. The fourth-order valence-corrected chi connectivity index (χ4v) is 1.98. The van der Waals surface area contributed by atoms with Crippen LogP contribution in [-0.4, -0.2) is 9.97 Å². The van der Waals surface area contributed by atoms with Gasteiger partial charge in [-0.05, 0) is 31.2 Å². The lowest BCUT2D eigenvalue weighted by Crippen LogP contribution is -1.93. The van der Waals surface area contributed by atoms with Crippen molar-refractivity contribution in [3.05, 3.63) is 45.4 Å². The largest absolute Gasteiger partial charge is 0.233 e. The fraction of sp³-hybridized carbons (Fsp3) is 0.0909. The van der Waals surface area contributed by atoms with E-state index in [1.54, 1.807) is 12.1 Å². The SMILES string of the molecule is Cc1cc(Cl)nc(-c2cc(F)ccc2Br)n1. The van der Waals surface area contributed by atoms with Crippen LogP contribution in [0.1, 0.15) is 5.69 Å². The summed E-state index contributed by atoms with van der Waals surface area (Å²) in [5, 5.41) is 0.346. The lowest BCUT2D eigenvalue weighted by molar-refractivity contribution is 0.628. The number of hydrogen-bond donors (Lipinski definition) is 0. The first-order valence-corrected chi connectivity index (χ1v) is 5.70. The first-order valence-electron chi connectivity index (χ1n) is 4.53. The van der Waals surface area contributed by atoms with Crippen LogP contribution in [0.3, 0.4) is 0 Å². The van der Waals surface area contributed by atoms with E-state index in [4.69, 9.17) is 11.6 Å². The Kier molecular flexibility index (Phi) is 3.21. The maximum atomic E-state index is 13.1. The highest BCUT2D eigenvalue weighted by molar-refractivity contribution is 9.10. The van der Waals surface area contributed by atoms with Crippen molar-refractivity contribution < 1.29 is 4.39 Å². The lowest BCUT2D eigenvalue weighted by Gasteiger charge is -2.04. The van der Waals surface area contributed by atoms with Crippen molar-refractivity contribution in [3.63, 3.8) is 0 Å². The molecule has 0 unspecified atom stereocenters. The van der Waals surface area contributed by atoms with E-state index in [9.17, 15) is 4.39 Å². The highest BCUT2D eigenvalue weighted by Gasteiger charge is 2.09. The Labute approximate surface area is 106 Å². The average Bonchev–Trinajstić information content (AvgIpc) is 2.20. The molecule has 0 aliphatic rings. The van der Waals surface area contributed by atoms with Crippen molar-refractivity contribution in [2.24, 2.45) is 0 Å². The molecule has 82 valence electrons. The predicted octanol–water partition coefficient (Wildman–Crippen LogP) is 4.01. The maximum Gasteiger partial charge on any atom is 0.162 e. The molecule has 1 aromatic carbocycles. The molecule has 0 N–H and O–H groups in total. The van der Waals surface area contributed by atoms with Crippen LogP contribution in [-0.2, 0) is 0 Å². The summed E-state index contributed by atoms with van der Waals surface area (Å²) in [6.07, 6.45) is 0. The van der Waals surface area contributed by atoms with E-state index in [0.717, 1.165) is 10.2 Å². The van der Waals surface area contributed by atoms with E-state index >= 15 is 0 Å². The molecule has 1 aromatic heterocycles. The fourth-order valence-electron chi connectivity index (χ4n) is 1.32. The highest BCUT2D eigenvalue weighted by Crippen LogP contribution is 2.27. The van der Waals surface area contributed by atoms with E-state index in [0.29, 0.717) is 16.5 Å². The van der Waals surface area contributed by atoms with Crippen LogP contribution in [0, 0.1) is 12.7 Å². The van der Waals surface area contributed by atoms with Gasteiger partial charge in [-0.3, -0.25) is 0 Å². The Balaban J connectivity index is 2.62. The number of aryl methyl sites for hydroxylation is 1. The number of benzene rings is 1. The van der Waals surface area contributed by atoms with Gasteiger partial charge < -0.3 is 0 Å². The first kappa shape index (κ1) is 11.5. The summed E-state index contributed by atoms with van der Waals surface area (Å²) in [7, 11) is 0. The molecule has 0 aliphatic heterocycles. The van der Waals surface area contributed by atoms with Crippen molar-refractivity contribution in [2.45, 2.75) is 6.92 Å². The van der Waals surface area contributed by atoms with Crippen LogP contribution in [0.4, 0.5) is 4.39 Å². The third kappa shape index (κ3) is 2.39. The average molecular weight is 302 g/mol. The van der Waals surface area contributed by atoms with E-state index in [1.165, 1.54) is 12.1 Å². The Bertz CT molecular complexity index is 525. The van der Waals surface area contributed by atoms with Crippen molar-refractivity contribution in [1.82, 2.24) is 9.97 Å². The minimum Gasteiger partial charge on any atom is -0.233 e. The molecule has 2 nitrogen and oxygen atoms in total. The van der Waals surface area contributed by atoms with Crippen LogP contribution < -0.4 is 0 Å². The predicted molar refractivity (Wildman–Crippen MR) is 64.9 cm³/mol. The molecule has 2 aromatic rings. The van der Waals surface area contributed by atoms with Gasteiger partial charge in [-0.15, -0.1) is 0 Å². The Morgan fingerprint density at radius 1 is 1.25 bits per heavy atom. The minimum atomic E-state index is -0.334. The van der Waals surface area contributed by atoms with E-state index in [2.05, 4.69) is 25.9 Å². The summed E-state index contributed by atoms with van der Waals surface area (Å²) in [5.74, 6) is 0.0794. The lowest BCUT2D eigenvalue weighted by atomic mass is 10.2. The number of aromatic nitrogens is 2. The zero-order valence-corrected chi connectivity index (χ0v) is 10.7. The molecule has 5 heteroatoms. The molecule has 0 spiro atoms. The number of rotatable bonds is 1. The second-order valence-corrected chi connectivity index (χ2v) is 4.52. The minimum absolute atomic E-state index is 0.334. The second kappa shape index (κ2) is 4.47. The smallest absolute Gasteiger partial charge is 0.162 e. The second-order valence-electron chi connectivity index (χ2n) is 3.28. The zero-order chi connectivity index (χ0) is 11.7. The van der Waals surface area contributed by atoms with Gasteiger partial charge in [-0.2, -0.15) is 0 Å². The third-order valence-corrected chi connectivity index (χ3v) is 2.88. The molecule has 16 heavy (non-hydrogen) atoms. The van der Waals surface area contributed by atoms with Gasteiger partial charge in [0.15, 0.2) is 5.82 Å². The summed E-state index contributed by atoms with van der Waals surface area (Å²) in [4.78, 5) is 8.28. The molecule has 0 saturated heterocycles. The van der Waals surface area contributed by atoms with Crippen molar-refractivity contribution in [1.29, 1.82) is 0 Å². The van der Waals surface area contributed by atoms with Gasteiger partial charge in [0.2, 0.25) is 0 Å². The molecule has 0 amide bonds. The normalized spacial score (nSPS) is 10.5. The molecule has 0 fully saturated rings. The topological polar surface area (TPSA) is 25.8 Å². The molecule has 0 radical (unpaired) electrons. The van der Waals surface area contributed by atoms with Gasteiger partial charge >= 0.3 is 0 Å². The van der Waals surface area contributed by atoms with Gasteiger partial charge in [-0.25, -0.2) is 14.4 Å². The summed E-state index contributed by atoms with van der Waals surface area (Å²) in [5.41, 5.74) is 1.33.